The number of amides is 1. The molecule has 3 aromatic rings. The molecule has 1 atom stereocenters. The molecule has 0 spiro atoms. The first-order chi connectivity index (χ1) is 12.1. The fraction of sp³-hybridized carbons (Fsp3) is 0.333. The molecule has 2 aromatic heterocycles. The van der Waals surface area contributed by atoms with Gasteiger partial charge in [0.1, 0.15) is 5.65 Å². The summed E-state index contributed by atoms with van der Waals surface area (Å²) in [5, 5.41) is 0. The van der Waals surface area contributed by atoms with E-state index in [1.54, 1.807) is 0 Å². The van der Waals surface area contributed by atoms with E-state index in [-0.39, 0.29) is 12.0 Å². The van der Waals surface area contributed by atoms with Gasteiger partial charge in [0.05, 0.1) is 5.69 Å². The molecule has 4 nitrogen and oxygen atoms in total. The van der Waals surface area contributed by atoms with Gasteiger partial charge in [0.2, 0.25) is 5.91 Å². The third-order valence-electron chi connectivity index (χ3n) is 5.35. The van der Waals surface area contributed by atoms with E-state index in [2.05, 4.69) is 54.9 Å². The van der Waals surface area contributed by atoms with Gasteiger partial charge in [-0.25, -0.2) is 4.98 Å². The van der Waals surface area contributed by atoms with Crippen molar-refractivity contribution < 1.29 is 4.79 Å². The van der Waals surface area contributed by atoms with Crippen molar-refractivity contribution in [1.29, 1.82) is 0 Å². The van der Waals surface area contributed by atoms with Crippen molar-refractivity contribution in [3.05, 3.63) is 53.9 Å². The molecule has 0 N–H and O–H groups in total. The van der Waals surface area contributed by atoms with Crippen LogP contribution in [0.3, 0.4) is 0 Å². The third kappa shape index (κ3) is 2.36. The van der Waals surface area contributed by atoms with Crippen LogP contribution in [0.15, 0.2) is 42.7 Å². The van der Waals surface area contributed by atoms with E-state index in [1.807, 2.05) is 11.0 Å². The lowest BCUT2D eigenvalue weighted by Crippen LogP contribution is -2.36. The Balaban J connectivity index is 1.54. The number of hydrogen-bond donors (Lipinski definition) is 0. The number of aromatic nitrogens is 2. The molecule has 1 amide bonds. The second kappa shape index (κ2) is 5.19. The summed E-state index contributed by atoms with van der Waals surface area (Å²) in [5.74, 6) is 0.567. The Morgan fingerprint density at radius 2 is 2.00 bits per heavy atom. The number of carbonyl (C=O) groups excluding carboxylic acids is 1. The van der Waals surface area contributed by atoms with Crippen molar-refractivity contribution in [2.45, 2.75) is 39.2 Å². The van der Waals surface area contributed by atoms with Crippen molar-refractivity contribution in [2.75, 3.05) is 4.90 Å². The van der Waals surface area contributed by atoms with Gasteiger partial charge in [0.15, 0.2) is 0 Å². The molecule has 1 saturated carbocycles. The first-order valence-corrected chi connectivity index (χ1v) is 9.02. The number of hydrogen-bond acceptors (Lipinski definition) is 2. The molecule has 0 saturated heterocycles. The van der Waals surface area contributed by atoms with Crippen LogP contribution in [0.5, 0.6) is 0 Å². The zero-order valence-corrected chi connectivity index (χ0v) is 14.6. The number of nitrogens with zero attached hydrogens (tertiary/aromatic N) is 3. The molecule has 0 radical (unpaired) electrons. The maximum absolute atomic E-state index is 12.6. The van der Waals surface area contributed by atoms with E-state index >= 15 is 0 Å². The number of rotatable bonds is 2. The Labute approximate surface area is 147 Å². The number of fused-ring (bicyclic) bond motifs is 2. The van der Waals surface area contributed by atoms with Crippen molar-refractivity contribution in [3.63, 3.8) is 0 Å². The molecule has 1 unspecified atom stereocenters. The zero-order chi connectivity index (χ0) is 17.1. The largest absolute Gasteiger partial charge is 0.309 e. The number of imidazole rings is 1. The fourth-order valence-electron chi connectivity index (χ4n) is 3.90. The average Bonchev–Trinajstić information content (AvgIpc) is 3.27. The lowest BCUT2D eigenvalue weighted by Gasteiger charge is -2.22. The number of carbonyl (C=O) groups is 1. The normalized spacial score (nSPS) is 19.4. The zero-order valence-electron chi connectivity index (χ0n) is 14.6. The summed E-state index contributed by atoms with van der Waals surface area (Å²) >= 11 is 0. The maximum Gasteiger partial charge on any atom is 0.230 e. The van der Waals surface area contributed by atoms with Crippen LogP contribution in [0.2, 0.25) is 0 Å². The van der Waals surface area contributed by atoms with Gasteiger partial charge < -0.3 is 9.30 Å². The second-order valence-corrected chi connectivity index (χ2v) is 7.48. The smallest absolute Gasteiger partial charge is 0.230 e. The number of benzene rings is 1. The monoisotopic (exact) mass is 331 g/mol. The first kappa shape index (κ1) is 14.7. The minimum Gasteiger partial charge on any atom is -0.309 e. The predicted molar refractivity (Wildman–Crippen MR) is 98.7 cm³/mol. The minimum atomic E-state index is 0.252. The van der Waals surface area contributed by atoms with Crippen LogP contribution >= 0.6 is 0 Å². The number of aryl methyl sites for hydroxylation is 1. The van der Waals surface area contributed by atoms with Gasteiger partial charge in [-0.05, 0) is 62.4 Å². The van der Waals surface area contributed by atoms with E-state index in [4.69, 9.17) is 4.98 Å². The molecule has 1 aliphatic carbocycles. The Bertz CT molecular complexity index is 1000. The minimum absolute atomic E-state index is 0.252. The van der Waals surface area contributed by atoms with Gasteiger partial charge in [-0.15, -0.1) is 0 Å². The molecule has 0 bridgehead atoms. The van der Waals surface area contributed by atoms with Gasteiger partial charge in [-0.2, -0.15) is 0 Å². The van der Waals surface area contributed by atoms with Gasteiger partial charge in [0, 0.05) is 35.6 Å². The summed E-state index contributed by atoms with van der Waals surface area (Å²) in [5.41, 5.74) is 6.62. The predicted octanol–water partition coefficient (Wildman–Crippen LogP) is 4.00. The number of pyridine rings is 1. The summed E-state index contributed by atoms with van der Waals surface area (Å²) in [6, 6.07) is 10.8. The maximum atomic E-state index is 12.6. The van der Waals surface area contributed by atoms with Crippen LogP contribution in [0.1, 0.15) is 30.9 Å². The molecule has 5 rings (SSSR count). The lowest BCUT2D eigenvalue weighted by molar-refractivity contribution is -0.120. The van der Waals surface area contributed by atoms with Gasteiger partial charge in [0.25, 0.3) is 0 Å². The van der Waals surface area contributed by atoms with E-state index in [9.17, 15) is 4.79 Å². The van der Waals surface area contributed by atoms with E-state index in [0.29, 0.717) is 5.91 Å². The molecule has 1 aromatic carbocycles. The molecule has 1 fully saturated rings. The van der Waals surface area contributed by atoms with Crippen molar-refractivity contribution in [1.82, 2.24) is 9.38 Å². The second-order valence-electron chi connectivity index (χ2n) is 7.48. The summed E-state index contributed by atoms with van der Waals surface area (Å²) < 4.78 is 2.07. The van der Waals surface area contributed by atoms with Crippen LogP contribution < -0.4 is 4.90 Å². The SMILES string of the molecule is Cc1ccc2nc(-c3ccc4c(c3)CC(C)N4C(=O)C3CC3)cn2c1. The third-order valence-corrected chi connectivity index (χ3v) is 5.35. The van der Waals surface area contributed by atoms with Gasteiger partial charge in [-0.1, -0.05) is 12.1 Å². The van der Waals surface area contributed by atoms with Crippen LogP contribution in [0.4, 0.5) is 5.69 Å². The summed E-state index contributed by atoms with van der Waals surface area (Å²) in [6.07, 6.45) is 7.20. The summed E-state index contributed by atoms with van der Waals surface area (Å²) in [7, 11) is 0. The Morgan fingerprint density at radius 1 is 1.16 bits per heavy atom. The van der Waals surface area contributed by atoms with Crippen LogP contribution in [0.25, 0.3) is 16.9 Å². The van der Waals surface area contributed by atoms with E-state index in [1.165, 1.54) is 11.1 Å². The topological polar surface area (TPSA) is 37.6 Å². The highest BCUT2D eigenvalue weighted by atomic mass is 16.2. The van der Waals surface area contributed by atoms with Crippen LogP contribution in [0, 0.1) is 12.8 Å². The Hall–Kier alpha value is -2.62. The Morgan fingerprint density at radius 3 is 2.80 bits per heavy atom. The molecular formula is C21H21N3O. The van der Waals surface area contributed by atoms with Crippen molar-refractivity contribution in [2.24, 2.45) is 5.92 Å². The first-order valence-electron chi connectivity index (χ1n) is 9.02. The fourth-order valence-corrected chi connectivity index (χ4v) is 3.90. The molecule has 2 aliphatic rings. The molecular weight excluding hydrogens is 310 g/mol. The molecule has 126 valence electrons. The average molecular weight is 331 g/mol. The Kier molecular flexibility index (Phi) is 3.05. The van der Waals surface area contributed by atoms with Crippen molar-refractivity contribution >= 4 is 17.2 Å². The number of anilines is 1. The summed E-state index contributed by atoms with van der Waals surface area (Å²) in [6.45, 7) is 4.23. The van der Waals surface area contributed by atoms with Crippen molar-refractivity contribution in [3.8, 4) is 11.3 Å². The standard InChI is InChI=1S/C21H21N3O/c1-13-3-8-20-22-18(12-23(20)11-13)16-6-7-19-17(10-16)9-14(2)24(19)21(25)15-4-5-15/h3,6-8,10-12,14-15H,4-5,9H2,1-2H3. The molecule has 3 heterocycles. The quantitative estimate of drug-likeness (QED) is 0.712. The molecule has 1 aliphatic heterocycles. The van der Waals surface area contributed by atoms with Crippen LogP contribution in [-0.4, -0.2) is 21.3 Å². The molecule has 4 heteroatoms. The van der Waals surface area contributed by atoms with E-state index in [0.717, 1.165) is 41.9 Å². The highest BCUT2D eigenvalue weighted by Crippen LogP contribution is 2.40. The highest BCUT2D eigenvalue weighted by molar-refractivity contribution is 5.99. The highest BCUT2D eigenvalue weighted by Gasteiger charge is 2.39. The van der Waals surface area contributed by atoms with Crippen LogP contribution in [-0.2, 0) is 11.2 Å². The lowest BCUT2D eigenvalue weighted by atomic mass is 10.1. The summed E-state index contributed by atoms with van der Waals surface area (Å²) in [4.78, 5) is 19.4. The van der Waals surface area contributed by atoms with Gasteiger partial charge >= 0.3 is 0 Å². The molecule has 25 heavy (non-hydrogen) atoms. The van der Waals surface area contributed by atoms with Gasteiger partial charge in [-0.3, -0.25) is 4.79 Å². The van der Waals surface area contributed by atoms with E-state index < -0.39 is 0 Å².